The lowest BCUT2D eigenvalue weighted by atomic mass is 9.99. The van der Waals surface area contributed by atoms with Crippen molar-refractivity contribution in [3.63, 3.8) is 0 Å². The number of piperazine rings is 1. The van der Waals surface area contributed by atoms with Crippen LogP contribution in [0.1, 0.15) is 41.3 Å². The third kappa shape index (κ3) is 4.68. The molecule has 0 saturated carbocycles. The molecule has 1 saturated heterocycles. The second-order valence-corrected chi connectivity index (χ2v) is 10.6. The molecule has 2 aromatic heterocycles. The Hall–Kier alpha value is -4.08. The Bertz CT molecular complexity index is 1460. The van der Waals surface area contributed by atoms with Crippen molar-refractivity contribution in [2.24, 2.45) is 0 Å². The van der Waals surface area contributed by atoms with Crippen molar-refractivity contribution in [3.8, 4) is 0 Å². The van der Waals surface area contributed by atoms with Crippen molar-refractivity contribution in [2.75, 3.05) is 48.3 Å². The van der Waals surface area contributed by atoms with Crippen LogP contribution in [0.5, 0.6) is 0 Å². The first-order valence-corrected chi connectivity index (χ1v) is 13.4. The number of aliphatic hydroxyl groups is 1. The lowest BCUT2D eigenvalue weighted by molar-refractivity contribution is 0.0595. The molecule has 6 rings (SSSR count). The van der Waals surface area contributed by atoms with Crippen molar-refractivity contribution in [2.45, 2.75) is 31.8 Å². The number of likely N-dealkylation sites (N-methyl/N-ethyl adjacent to an activating group) is 1. The van der Waals surface area contributed by atoms with E-state index < -0.39 is 5.60 Å². The number of carbonyl (C=O) groups excluding carboxylic acids is 1. The topological polar surface area (TPSA) is 97.7 Å². The molecule has 200 valence electrons. The minimum atomic E-state index is -0.931. The van der Waals surface area contributed by atoms with Gasteiger partial charge in [-0.25, -0.2) is 9.97 Å². The maximum atomic E-state index is 13.4. The molecule has 9 nitrogen and oxygen atoms in total. The predicted molar refractivity (Wildman–Crippen MR) is 153 cm³/mol. The standard InChI is InChI=1S/C30H33N7O2/c1-4-5-6-25-27(38)23-19-32-29(33-21-7-9-22(10-8-21)36-15-13-35(3)14-16-36)34-28(23)37(25)26-17-24-20(18-31-26)11-12-30(24,2)39/h4,6-10,17-19,39H,1,5,11-16H2,2-3H3,(H,32,33,34)/b25-6+/t30-/m0/s1. The number of nitrogens with zero attached hydrogens (tertiary/aromatic N) is 6. The van der Waals surface area contributed by atoms with Crippen molar-refractivity contribution in [3.05, 3.63) is 83.8 Å². The summed E-state index contributed by atoms with van der Waals surface area (Å²) in [6.45, 7) is 9.74. The maximum Gasteiger partial charge on any atom is 0.229 e. The number of anilines is 5. The zero-order valence-corrected chi connectivity index (χ0v) is 22.4. The molecule has 1 aromatic carbocycles. The molecule has 1 fully saturated rings. The number of pyridine rings is 1. The fourth-order valence-corrected chi connectivity index (χ4v) is 5.49. The van der Waals surface area contributed by atoms with Crippen LogP contribution in [-0.4, -0.2) is 64.0 Å². The van der Waals surface area contributed by atoms with Crippen molar-refractivity contribution >= 4 is 34.7 Å². The van der Waals surface area contributed by atoms with Gasteiger partial charge in [0.15, 0.2) is 5.82 Å². The summed E-state index contributed by atoms with van der Waals surface area (Å²) in [4.78, 5) is 33.8. The van der Waals surface area contributed by atoms with Gasteiger partial charge in [0.1, 0.15) is 5.82 Å². The SMILES string of the molecule is C=CC/C=C1\C(=O)c2cnc(Nc3ccc(N4CCN(C)CC4)cc3)nc2N1c1cc2c(cn1)CC[C@]2(C)O. The summed E-state index contributed by atoms with van der Waals surface area (Å²) < 4.78 is 0. The van der Waals surface area contributed by atoms with E-state index >= 15 is 0 Å². The van der Waals surface area contributed by atoms with Crippen molar-refractivity contribution < 1.29 is 9.90 Å². The van der Waals surface area contributed by atoms with Crippen LogP contribution in [0.2, 0.25) is 0 Å². The van der Waals surface area contributed by atoms with E-state index in [0.717, 1.165) is 49.4 Å². The van der Waals surface area contributed by atoms with E-state index in [1.54, 1.807) is 23.4 Å². The Morgan fingerprint density at radius 3 is 2.64 bits per heavy atom. The number of fused-ring (bicyclic) bond motifs is 2. The second-order valence-electron chi connectivity index (χ2n) is 10.6. The van der Waals surface area contributed by atoms with Gasteiger partial charge in [-0.1, -0.05) is 12.2 Å². The number of carbonyl (C=O) groups is 1. The summed E-state index contributed by atoms with van der Waals surface area (Å²) in [5, 5.41) is 14.2. The summed E-state index contributed by atoms with van der Waals surface area (Å²) in [7, 11) is 2.15. The number of Topliss-reactive ketones (excluding diaryl/α,β-unsaturated/α-hetero) is 1. The van der Waals surface area contributed by atoms with Gasteiger partial charge in [-0.05, 0) is 74.7 Å². The molecule has 3 aliphatic rings. The molecule has 4 heterocycles. The molecule has 2 aliphatic heterocycles. The molecule has 39 heavy (non-hydrogen) atoms. The van der Waals surface area contributed by atoms with Crippen LogP contribution >= 0.6 is 0 Å². The zero-order valence-electron chi connectivity index (χ0n) is 22.4. The first kappa shape index (κ1) is 25.2. The van der Waals surface area contributed by atoms with Crippen LogP contribution in [0.4, 0.5) is 29.0 Å². The van der Waals surface area contributed by atoms with Gasteiger partial charge >= 0.3 is 0 Å². The third-order valence-electron chi connectivity index (χ3n) is 7.83. The van der Waals surface area contributed by atoms with Crippen LogP contribution in [0.25, 0.3) is 0 Å². The third-order valence-corrected chi connectivity index (χ3v) is 7.83. The van der Waals surface area contributed by atoms with E-state index in [1.165, 1.54) is 5.69 Å². The Morgan fingerprint density at radius 2 is 1.90 bits per heavy atom. The number of allylic oxidation sites excluding steroid dienone is 3. The highest BCUT2D eigenvalue weighted by molar-refractivity contribution is 6.19. The average Bonchev–Trinajstić information content (AvgIpc) is 3.40. The number of benzene rings is 1. The van der Waals surface area contributed by atoms with Gasteiger partial charge in [-0.15, -0.1) is 6.58 Å². The first-order valence-electron chi connectivity index (χ1n) is 13.4. The van der Waals surface area contributed by atoms with Crippen molar-refractivity contribution in [1.82, 2.24) is 19.9 Å². The predicted octanol–water partition coefficient (Wildman–Crippen LogP) is 4.32. The number of rotatable bonds is 6. The molecule has 1 aliphatic carbocycles. The van der Waals surface area contributed by atoms with E-state index in [0.29, 0.717) is 41.7 Å². The highest BCUT2D eigenvalue weighted by Crippen LogP contribution is 2.43. The van der Waals surface area contributed by atoms with Gasteiger partial charge in [0.2, 0.25) is 11.7 Å². The van der Waals surface area contributed by atoms with Gasteiger partial charge in [-0.3, -0.25) is 9.69 Å². The van der Waals surface area contributed by atoms with Gasteiger partial charge in [-0.2, -0.15) is 4.98 Å². The molecule has 9 heteroatoms. The smallest absolute Gasteiger partial charge is 0.229 e. The highest BCUT2D eigenvalue weighted by atomic mass is 16.3. The Labute approximate surface area is 228 Å². The van der Waals surface area contributed by atoms with Crippen LogP contribution in [0.3, 0.4) is 0 Å². The molecule has 0 unspecified atom stereocenters. The fraction of sp³-hybridized carbons (Fsp3) is 0.333. The highest BCUT2D eigenvalue weighted by Gasteiger charge is 2.38. The van der Waals surface area contributed by atoms with E-state index in [-0.39, 0.29) is 5.78 Å². The molecule has 0 radical (unpaired) electrons. The van der Waals surface area contributed by atoms with E-state index in [4.69, 9.17) is 4.98 Å². The normalized spacial score (nSPS) is 21.8. The molecule has 0 spiro atoms. The van der Waals surface area contributed by atoms with Gasteiger partial charge < -0.3 is 20.2 Å². The second kappa shape index (κ2) is 9.91. The largest absolute Gasteiger partial charge is 0.385 e. The lowest BCUT2D eigenvalue weighted by Crippen LogP contribution is -2.44. The number of ketones is 1. The lowest BCUT2D eigenvalue weighted by Gasteiger charge is -2.34. The van der Waals surface area contributed by atoms with E-state index in [9.17, 15) is 9.90 Å². The summed E-state index contributed by atoms with van der Waals surface area (Å²) in [6.07, 6.45) is 8.87. The van der Waals surface area contributed by atoms with E-state index in [1.807, 2.05) is 31.2 Å². The van der Waals surface area contributed by atoms with Gasteiger partial charge in [0.25, 0.3) is 0 Å². The summed E-state index contributed by atoms with van der Waals surface area (Å²) in [6, 6.07) is 10.1. The van der Waals surface area contributed by atoms with Gasteiger partial charge in [0, 0.05) is 49.9 Å². The summed E-state index contributed by atoms with van der Waals surface area (Å²) >= 11 is 0. The number of nitrogens with one attached hydrogen (secondary N) is 1. The minimum Gasteiger partial charge on any atom is -0.385 e. The molecule has 2 N–H and O–H groups in total. The van der Waals surface area contributed by atoms with E-state index in [2.05, 4.69) is 50.8 Å². The molecule has 1 atom stereocenters. The molecular weight excluding hydrogens is 490 g/mol. The first-order chi connectivity index (χ1) is 18.8. The van der Waals surface area contributed by atoms with Crippen LogP contribution in [-0.2, 0) is 12.0 Å². The number of aryl methyl sites for hydroxylation is 1. The molecule has 3 aromatic rings. The number of aromatic nitrogens is 3. The molecular formula is C30H33N7O2. The monoisotopic (exact) mass is 523 g/mol. The van der Waals surface area contributed by atoms with Crippen LogP contribution < -0.4 is 15.1 Å². The number of hydrogen-bond donors (Lipinski definition) is 2. The number of hydrogen-bond acceptors (Lipinski definition) is 9. The maximum absolute atomic E-state index is 13.4. The average molecular weight is 524 g/mol. The fourth-order valence-electron chi connectivity index (χ4n) is 5.49. The minimum absolute atomic E-state index is 0.163. The van der Waals surface area contributed by atoms with Crippen LogP contribution in [0, 0.1) is 0 Å². The Kier molecular flexibility index (Phi) is 6.40. The quantitative estimate of drug-likeness (QED) is 0.362. The zero-order chi connectivity index (χ0) is 27.1. The molecule has 0 bridgehead atoms. The molecule has 0 amide bonds. The Balaban J connectivity index is 1.31. The summed E-state index contributed by atoms with van der Waals surface area (Å²) in [5.41, 5.74) is 3.85. The summed E-state index contributed by atoms with van der Waals surface area (Å²) in [5.74, 6) is 1.23. The van der Waals surface area contributed by atoms with Crippen LogP contribution in [0.15, 0.2) is 67.2 Å². The Morgan fingerprint density at radius 1 is 1.13 bits per heavy atom. The van der Waals surface area contributed by atoms with Crippen molar-refractivity contribution in [1.29, 1.82) is 0 Å². The van der Waals surface area contributed by atoms with Gasteiger partial charge in [0.05, 0.1) is 16.9 Å².